The number of rotatable bonds is 3. The summed E-state index contributed by atoms with van der Waals surface area (Å²) in [5.41, 5.74) is 4.62. The Labute approximate surface area is 173 Å². The molecule has 2 aromatic carbocycles. The predicted octanol–water partition coefficient (Wildman–Crippen LogP) is 2.71. The summed E-state index contributed by atoms with van der Waals surface area (Å²) in [7, 11) is 0. The lowest BCUT2D eigenvalue weighted by Crippen LogP contribution is -2.54. The van der Waals surface area contributed by atoms with Crippen molar-refractivity contribution >= 4 is 35.0 Å². The Morgan fingerprint density at radius 3 is 2.50 bits per heavy atom. The first-order valence-electron chi connectivity index (χ1n) is 10.3. The number of anilines is 2. The van der Waals surface area contributed by atoms with Crippen LogP contribution >= 0.6 is 0 Å². The summed E-state index contributed by atoms with van der Waals surface area (Å²) in [5, 5.41) is 5.51. The first-order valence-corrected chi connectivity index (χ1v) is 10.3. The number of aryl methyl sites for hydroxylation is 2. The second-order valence-corrected chi connectivity index (χ2v) is 7.99. The zero-order chi connectivity index (χ0) is 20.8. The zero-order valence-corrected chi connectivity index (χ0v) is 16.4. The average molecular weight is 403 g/mol. The Kier molecular flexibility index (Phi) is 4.38. The fourth-order valence-electron chi connectivity index (χ4n) is 4.59. The van der Waals surface area contributed by atoms with E-state index in [1.807, 2.05) is 6.07 Å². The maximum atomic E-state index is 13.2. The van der Waals surface area contributed by atoms with Gasteiger partial charge in [-0.05, 0) is 67.5 Å². The van der Waals surface area contributed by atoms with Gasteiger partial charge in [0.15, 0.2) is 0 Å². The molecule has 5 rings (SSSR count). The lowest BCUT2D eigenvalue weighted by Gasteiger charge is -2.27. The van der Waals surface area contributed by atoms with Gasteiger partial charge in [-0.25, -0.2) is 0 Å². The molecule has 7 nitrogen and oxygen atoms in total. The molecule has 0 spiro atoms. The van der Waals surface area contributed by atoms with Crippen LogP contribution in [0.4, 0.5) is 11.4 Å². The highest BCUT2D eigenvalue weighted by atomic mass is 16.2. The Bertz CT molecular complexity index is 1110. The van der Waals surface area contributed by atoms with Gasteiger partial charge in [-0.1, -0.05) is 12.1 Å². The molecule has 0 aromatic heterocycles. The van der Waals surface area contributed by atoms with Gasteiger partial charge in [0.05, 0.1) is 16.8 Å². The first kappa shape index (κ1) is 18.5. The van der Waals surface area contributed by atoms with Crippen LogP contribution in [0.5, 0.6) is 0 Å². The fraction of sp³-hybridized carbons (Fsp3) is 0.304. The van der Waals surface area contributed by atoms with Crippen LogP contribution in [0.2, 0.25) is 0 Å². The number of amides is 4. The van der Waals surface area contributed by atoms with Crippen LogP contribution in [0.3, 0.4) is 0 Å². The topological polar surface area (TPSA) is 95.6 Å². The largest absolute Gasteiger partial charge is 0.355 e. The van der Waals surface area contributed by atoms with Crippen LogP contribution in [-0.4, -0.2) is 34.6 Å². The Balaban J connectivity index is 1.46. The number of carbonyl (C=O) groups excluding carboxylic acids is 4. The molecular weight excluding hydrogens is 382 g/mol. The minimum absolute atomic E-state index is 0.101. The van der Waals surface area contributed by atoms with Gasteiger partial charge in [0.2, 0.25) is 11.8 Å². The van der Waals surface area contributed by atoms with Crippen molar-refractivity contribution in [3.63, 3.8) is 0 Å². The van der Waals surface area contributed by atoms with Gasteiger partial charge in [0.1, 0.15) is 6.04 Å². The molecule has 2 aliphatic heterocycles. The van der Waals surface area contributed by atoms with Gasteiger partial charge in [0, 0.05) is 12.1 Å². The molecule has 2 aromatic rings. The monoisotopic (exact) mass is 403 g/mol. The van der Waals surface area contributed by atoms with Crippen LogP contribution in [0.25, 0.3) is 0 Å². The normalized spacial score (nSPS) is 20.7. The third-order valence-electron chi connectivity index (χ3n) is 6.10. The molecule has 4 amide bonds. The Morgan fingerprint density at radius 2 is 1.70 bits per heavy atom. The molecule has 0 radical (unpaired) electrons. The van der Waals surface area contributed by atoms with Crippen molar-refractivity contribution in [2.75, 3.05) is 5.32 Å². The van der Waals surface area contributed by atoms with Crippen LogP contribution in [0.15, 0.2) is 36.4 Å². The van der Waals surface area contributed by atoms with Crippen LogP contribution in [-0.2, 0) is 22.4 Å². The highest BCUT2D eigenvalue weighted by molar-refractivity contribution is 6.25. The zero-order valence-electron chi connectivity index (χ0n) is 16.4. The number of fused-ring (bicyclic) bond motifs is 2. The SMILES string of the molecule is O=C1CCC(N2C(=O)c3cccc(Nc4ccc5c(c4)CCCC5)c3C2=O)C(=O)N1. The van der Waals surface area contributed by atoms with Crippen molar-refractivity contribution in [3.8, 4) is 0 Å². The van der Waals surface area contributed by atoms with E-state index in [0.29, 0.717) is 5.69 Å². The van der Waals surface area contributed by atoms with Crippen molar-refractivity contribution in [2.45, 2.75) is 44.6 Å². The van der Waals surface area contributed by atoms with Crippen molar-refractivity contribution in [1.82, 2.24) is 10.2 Å². The number of piperidine rings is 1. The van der Waals surface area contributed by atoms with Gasteiger partial charge < -0.3 is 5.32 Å². The first-order chi connectivity index (χ1) is 14.5. The highest BCUT2D eigenvalue weighted by Crippen LogP contribution is 2.34. The predicted molar refractivity (Wildman–Crippen MR) is 109 cm³/mol. The second kappa shape index (κ2) is 7.09. The average Bonchev–Trinajstić information content (AvgIpc) is 2.99. The summed E-state index contributed by atoms with van der Waals surface area (Å²) in [6.45, 7) is 0. The number of hydrogen-bond acceptors (Lipinski definition) is 5. The van der Waals surface area contributed by atoms with Gasteiger partial charge in [-0.15, -0.1) is 0 Å². The molecule has 1 fully saturated rings. The van der Waals surface area contributed by atoms with Crippen molar-refractivity contribution in [3.05, 3.63) is 58.7 Å². The van der Waals surface area contributed by atoms with Crippen molar-refractivity contribution < 1.29 is 19.2 Å². The summed E-state index contributed by atoms with van der Waals surface area (Å²) in [4.78, 5) is 50.8. The van der Waals surface area contributed by atoms with E-state index >= 15 is 0 Å². The lowest BCUT2D eigenvalue weighted by molar-refractivity contribution is -0.136. The molecule has 1 aliphatic carbocycles. The summed E-state index contributed by atoms with van der Waals surface area (Å²) < 4.78 is 0. The van der Waals surface area contributed by atoms with Gasteiger partial charge >= 0.3 is 0 Å². The number of hydrogen-bond donors (Lipinski definition) is 2. The molecule has 152 valence electrons. The molecule has 1 atom stereocenters. The van der Waals surface area contributed by atoms with E-state index in [0.717, 1.165) is 23.4 Å². The molecule has 2 heterocycles. The van der Waals surface area contributed by atoms with Crippen LogP contribution in [0, 0.1) is 0 Å². The number of benzene rings is 2. The number of nitrogens with zero attached hydrogens (tertiary/aromatic N) is 1. The van der Waals surface area contributed by atoms with Gasteiger partial charge in [-0.3, -0.25) is 29.4 Å². The molecule has 1 saturated heterocycles. The van der Waals surface area contributed by atoms with E-state index in [2.05, 4.69) is 22.8 Å². The smallest absolute Gasteiger partial charge is 0.264 e. The summed E-state index contributed by atoms with van der Waals surface area (Å²) in [5.74, 6) is -2.00. The lowest BCUT2D eigenvalue weighted by atomic mass is 9.91. The molecule has 30 heavy (non-hydrogen) atoms. The van der Waals surface area contributed by atoms with E-state index in [4.69, 9.17) is 0 Å². The molecule has 2 N–H and O–H groups in total. The minimum atomic E-state index is -0.966. The quantitative estimate of drug-likeness (QED) is 0.769. The summed E-state index contributed by atoms with van der Waals surface area (Å²) >= 11 is 0. The van der Waals surface area contributed by atoms with Crippen LogP contribution in [0.1, 0.15) is 57.5 Å². The number of imide groups is 2. The molecule has 0 bridgehead atoms. The van der Waals surface area contributed by atoms with Crippen molar-refractivity contribution in [1.29, 1.82) is 0 Å². The van der Waals surface area contributed by atoms with E-state index in [1.165, 1.54) is 24.0 Å². The highest BCUT2D eigenvalue weighted by Gasteiger charge is 2.45. The Hall–Kier alpha value is -3.48. The number of nitrogens with one attached hydrogen (secondary N) is 2. The van der Waals surface area contributed by atoms with Crippen molar-refractivity contribution in [2.24, 2.45) is 0 Å². The Morgan fingerprint density at radius 1 is 0.900 bits per heavy atom. The molecular formula is C23H21N3O4. The molecule has 0 saturated carbocycles. The standard InChI is InChI=1S/C23H21N3O4/c27-19-11-10-18(21(28)25-19)26-22(29)16-6-3-7-17(20(16)23(26)30)24-15-9-8-13-4-1-2-5-14(13)12-15/h3,6-9,12,18,24H,1-2,4-5,10-11H2,(H,25,27,28). The van der Waals surface area contributed by atoms with Gasteiger partial charge in [-0.2, -0.15) is 0 Å². The molecule has 7 heteroatoms. The summed E-state index contributed by atoms with van der Waals surface area (Å²) in [6, 6.07) is 10.3. The van der Waals surface area contributed by atoms with E-state index in [1.54, 1.807) is 18.2 Å². The third kappa shape index (κ3) is 2.98. The summed E-state index contributed by atoms with van der Waals surface area (Å²) in [6.07, 6.45) is 4.75. The third-order valence-corrected chi connectivity index (χ3v) is 6.10. The van der Waals surface area contributed by atoms with E-state index < -0.39 is 23.8 Å². The maximum Gasteiger partial charge on any atom is 0.264 e. The number of carbonyl (C=O) groups is 4. The van der Waals surface area contributed by atoms with Gasteiger partial charge in [0.25, 0.3) is 11.8 Å². The second-order valence-electron chi connectivity index (χ2n) is 7.99. The van der Waals surface area contributed by atoms with Crippen LogP contribution < -0.4 is 10.6 Å². The van der Waals surface area contributed by atoms with E-state index in [-0.39, 0.29) is 29.9 Å². The van der Waals surface area contributed by atoms with E-state index in [9.17, 15) is 19.2 Å². The maximum absolute atomic E-state index is 13.2. The molecule has 3 aliphatic rings. The molecule has 1 unspecified atom stereocenters. The minimum Gasteiger partial charge on any atom is -0.355 e. The fourth-order valence-corrected chi connectivity index (χ4v) is 4.59.